The van der Waals surface area contributed by atoms with Gasteiger partial charge in [-0.3, -0.25) is 14.6 Å². The maximum Gasteiger partial charge on any atom is 0.307 e. The number of rotatable bonds is 5. The number of benzene rings is 3. The van der Waals surface area contributed by atoms with Gasteiger partial charge in [0.1, 0.15) is 0 Å². The Hall–Kier alpha value is -4.22. The van der Waals surface area contributed by atoms with Gasteiger partial charge in [0, 0.05) is 29.1 Å². The van der Waals surface area contributed by atoms with Crippen molar-refractivity contribution in [3.63, 3.8) is 0 Å². The summed E-state index contributed by atoms with van der Waals surface area (Å²) in [7, 11) is 0. The number of halogens is 1. The van der Waals surface area contributed by atoms with Crippen LogP contribution in [0.1, 0.15) is 22.3 Å². The van der Waals surface area contributed by atoms with E-state index in [4.69, 9.17) is 11.6 Å². The van der Waals surface area contributed by atoms with Crippen LogP contribution in [0.2, 0.25) is 5.02 Å². The van der Waals surface area contributed by atoms with Crippen molar-refractivity contribution in [1.82, 2.24) is 4.98 Å². The molecule has 5 rings (SSSR count). The highest BCUT2D eigenvalue weighted by molar-refractivity contribution is 6.38. The zero-order chi connectivity index (χ0) is 24.5. The van der Waals surface area contributed by atoms with Gasteiger partial charge < -0.3 is 10.4 Å². The smallest absolute Gasteiger partial charge is 0.307 e. The molecule has 35 heavy (non-hydrogen) atoms. The van der Waals surface area contributed by atoms with E-state index in [1.165, 1.54) is 0 Å². The van der Waals surface area contributed by atoms with E-state index in [0.29, 0.717) is 16.3 Å². The summed E-state index contributed by atoms with van der Waals surface area (Å²) in [6.07, 6.45) is 5.24. The van der Waals surface area contributed by atoms with E-state index in [0.717, 1.165) is 44.5 Å². The first kappa shape index (κ1) is 22.6. The van der Waals surface area contributed by atoms with Crippen molar-refractivity contribution in [2.45, 2.75) is 13.3 Å². The number of hydrogen-bond acceptors (Lipinski definition) is 3. The molecule has 0 saturated heterocycles. The minimum Gasteiger partial charge on any atom is -0.481 e. The maximum absolute atomic E-state index is 12.8. The average Bonchev–Trinajstić information content (AvgIpc) is 3.14. The summed E-state index contributed by atoms with van der Waals surface area (Å²) in [6, 6.07) is 21.3. The number of pyridine rings is 1. The van der Waals surface area contributed by atoms with E-state index in [2.05, 4.69) is 10.3 Å². The second-order valence-corrected chi connectivity index (χ2v) is 8.87. The van der Waals surface area contributed by atoms with E-state index in [1.807, 2.05) is 67.6 Å². The molecule has 2 N–H and O–H groups in total. The monoisotopic (exact) mass is 480 g/mol. The second kappa shape index (κ2) is 9.20. The molecule has 0 saturated carbocycles. The number of carbonyl (C=O) groups excluding carboxylic acids is 1. The average molecular weight is 481 g/mol. The fourth-order valence-electron chi connectivity index (χ4n) is 4.26. The summed E-state index contributed by atoms with van der Waals surface area (Å²) in [5.41, 5.74) is 8.22. The topological polar surface area (TPSA) is 79.3 Å². The summed E-state index contributed by atoms with van der Waals surface area (Å²) in [5, 5.41) is 12.6. The Balaban J connectivity index is 1.53. The first-order chi connectivity index (χ1) is 16.9. The molecule has 3 aromatic carbocycles. The quantitative estimate of drug-likeness (QED) is 0.320. The van der Waals surface area contributed by atoms with Crippen molar-refractivity contribution < 1.29 is 14.7 Å². The van der Waals surface area contributed by atoms with Gasteiger partial charge in [-0.1, -0.05) is 54.1 Å². The molecule has 0 radical (unpaired) electrons. The first-order valence-electron chi connectivity index (χ1n) is 11.1. The summed E-state index contributed by atoms with van der Waals surface area (Å²) in [5.74, 6) is -1.11. The number of aromatic nitrogens is 1. The Kier molecular flexibility index (Phi) is 5.93. The predicted octanol–water partition coefficient (Wildman–Crippen LogP) is 6.50. The number of aryl methyl sites for hydroxylation is 1. The van der Waals surface area contributed by atoms with Crippen LogP contribution in [-0.2, 0) is 16.0 Å². The number of carboxylic acid groups (broad SMARTS) is 1. The number of amides is 1. The molecule has 0 bridgehead atoms. The maximum atomic E-state index is 12.8. The number of fused-ring (bicyclic) bond motifs is 1. The van der Waals surface area contributed by atoms with Crippen LogP contribution in [0.4, 0.5) is 5.69 Å². The second-order valence-electron chi connectivity index (χ2n) is 8.46. The minimum absolute atomic E-state index is 0.0686. The van der Waals surface area contributed by atoms with Crippen LogP contribution >= 0.6 is 11.6 Å². The molecular weight excluding hydrogens is 460 g/mol. The fraction of sp³-hybridized carbons (Fsp3) is 0.0690. The van der Waals surface area contributed by atoms with E-state index in [9.17, 15) is 14.7 Å². The van der Waals surface area contributed by atoms with Gasteiger partial charge in [-0.15, -0.1) is 0 Å². The minimum atomic E-state index is -0.893. The lowest BCUT2D eigenvalue weighted by Gasteiger charge is -2.10. The zero-order valence-electron chi connectivity index (χ0n) is 18.9. The van der Waals surface area contributed by atoms with Crippen molar-refractivity contribution in [2.24, 2.45) is 0 Å². The molecule has 1 aromatic heterocycles. The number of carbonyl (C=O) groups is 2. The van der Waals surface area contributed by atoms with E-state index >= 15 is 0 Å². The molecule has 4 aromatic rings. The third-order valence-electron chi connectivity index (χ3n) is 6.13. The molecule has 1 aliphatic heterocycles. The van der Waals surface area contributed by atoms with Gasteiger partial charge in [-0.25, -0.2) is 0 Å². The Labute approximate surface area is 207 Å². The normalized spacial score (nSPS) is 13.5. The molecule has 0 fully saturated rings. The van der Waals surface area contributed by atoms with Crippen LogP contribution in [-0.4, -0.2) is 22.0 Å². The van der Waals surface area contributed by atoms with Gasteiger partial charge in [-0.2, -0.15) is 0 Å². The highest BCUT2D eigenvalue weighted by Crippen LogP contribution is 2.41. The first-order valence-corrected chi connectivity index (χ1v) is 11.5. The van der Waals surface area contributed by atoms with Crippen molar-refractivity contribution in [2.75, 3.05) is 5.32 Å². The van der Waals surface area contributed by atoms with Gasteiger partial charge in [0.05, 0.1) is 17.1 Å². The van der Waals surface area contributed by atoms with Crippen molar-refractivity contribution >= 4 is 40.8 Å². The summed E-state index contributed by atoms with van der Waals surface area (Å²) >= 11 is 6.61. The van der Waals surface area contributed by atoms with E-state index in [-0.39, 0.29) is 12.3 Å². The van der Waals surface area contributed by atoms with Crippen LogP contribution < -0.4 is 5.32 Å². The SMILES string of the molecule is Cc1ccc(/C=C2\C(=O)Nc3cc(Cl)c(-c4ccc(-c5ccncc5)cc4)cc32)cc1CC(=O)O. The number of nitrogens with one attached hydrogen (secondary N) is 1. The highest BCUT2D eigenvalue weighted by Gasteiger charge is 2.26. The largest absolute Gasteiger partial charge is 0.481 e. The van der Waals surface area contributed by atoms with E-state index in [1.54, 1.807) is 24.5 Å². The van der Waals surface area contributed by atoms with Crippen LogP contribution in [0.3, 0.4) is 0 Å². The fourth-order valence-corrected chi connectivity index (χ4v) is 4.54. The third-order valence-corrected chi connectivity index (χ3v) is 6.44. The Bertz CT molecular complexity index is 1490. The number of aliphatic carboxylic acids is 1. The van der Waals surface area contributed by atoms with Crippen molar-refractivity contribution in [3.8, 4) is 22.3 Å². The van der Waals surface area contributed by atoms with Gasteiger partial charge in [0.2, 0.25) is 0 Å². The lowest BCUT2D eigenvalue weighted by atomic mass is 9.96. The van der Waals surface area contributed by atoms with Gasteiger partial charge in [0.15, 0.2) is 0 Å². The number of anilines is 1. The van der Waals surface area contributed by atoms with Crippen LogP contribution in [0.15, 0.2) is 79.1 Å². The highest BCUT2D eigenvalue weighted by atomic mass is 35.5. The molecule has 0 aliphatic carbocycles. The Morgan fingerprint density at radius 3 is 2.34 bits per heavy atom. The molecule has 0 atom stereocenters. The lowest BCUT2D eigenvalue weighted by molar-refractivity contribution is -0.136. The van der Waals surface area contributed by atoms with Crippen LogP contribution in [0.5, 0.6) is 0 Å². The molecular formula is C29H21ClN2O3. The molecule has 5 nitrogen and oxygen atoms in total. The van der Waals surface area contributed by atoms with Crippen molar-refractivity contribution in [1.29, 1.82) is 0 Å². The predicted molar refractivity (Wildman–Crippen MR) is 139 cm³/mol. The molecule has 2 heterocycles. The lowest BCUT2D eigenvalue weighted by Crippen LogP contribution is -2.04. The Morgan fingerprint density at radius 2 is 1.63 bits per heavy atom. The summed E-state index contributed by atoms with van der Waals surface area (Å²) in [4.78, 5) is 28.1. The molecule has 1 aliphatic rings. The zero-order valence-corrected chi connectivity index (χ0v) is 19.6. The van der Waals surface area contributed by atoms with Gasteiger partial charge >= 0.3 is 5.97 Å². The summed E-state index contributed by atoms with van der Waals surface area (Å²) < 4.78 is 0. The number of carboxylic acids is 1. The molecule has 0 unspecified atom stereocenters. The molecule has 172 valence electrons. The standard InChI is InChI=1S/C29H21ClN2O3/c1-17-2-3-18(12-22(17)14-28(33)34)13-25-24-15-23(26(30)16-27(24)32-29(25)35)21-6-4-19(5-7-21)20-8-10-31-11-9-20/h2-13,15-16H,14H2,1H3,(H,32,35)(H,33,34)/b25-13-. The van der Waals surface area contributed by atoms with Gasteiger partial charge in [-0.05, 0) is 70.6 Å². The molecule has 1 amide bonds. The van der Waals surface area contributed by atoms with Gasteiger partial charge in [0.25, 0.3) is 5.91 Å². The third kappa shape index (κ3) is 4.59. The van der Waals surface area contributed by atoms with Crippen LogP contribution in [0, 0.1) is 6.92 Å². The van der Waals surface area contributed by atoms with Crippen LogP contribution in [0.25, 0.3) is 33.9 Å². The summed E-state index contributed by atoms with van der Waals surface area (Å²) in [6.45, 7) is 1.88. The number of nitrogens with zero attached hydrogens (tertiary/aromatic N) is 1. The molecule has 6 heteroatoms. The van der Waals surface area contributed by atoms with E-state index < -0.39 is 5.97 Å². The number of hydrogen-bond donors (Lipinski definition) is 2. The Morgan fingerprint density at radius 1 is 0.943 bits per heavy atom. The molecule has 0 spiro atoms. The van der Waals surface area contributed by atoms with Crippen molar-refractivity contribution in [3.05, 3.63) is 106 Å².